The highest BCUT2D eigenvalue weighted by atomic mass is 19.1. The van der Waals surface area contributed by atoms with Gasteiger partial charge in [0.1, 0.15) is 11.6 Å². The number of ketones is 1. The van der Waals surface area contributed by atoms with E-state index in [1.54, 1.807) is 19.2 Å². The SMILES string of the molecule is COc1cccc([C@H]2CC(=O)NC3=C2C(=O)C[C@@H](c2ccc(F)cc2)C3)c1. The van der Waals surface area contributed by atoms with Crippen molar-refractivity contribution in [2.75, 3.05) is 7.11 Å². The van der Waals surface area contributed by atoms with Crippen molar-refractivity contribution >= 4 is 11.7 Å². The quantitative estimate of drug-likeness (QED) is 0.899. The molecule has 2 aromatic rings. The molecule has 0 spiro atoms. The van der Waals surface area contributed by atoms with Gasteiger partial charge in [0.15, 0.2) is 5.78 Å². The van der Waals surface area contributed by atoms with Crippen LogP contribution in [0.15, 0.2) is 59.8 Å². The van der Waals surface area contributed by atoms with E-state index >= 15 is 0 Å². The number of hydrogen-bond donors (Lipinski definition) is 1. The van der Waals surface area contributed by atoms with E-state index < -0.39 is 0 Å². The average molecular weight is 365 g/mol. The van der Waals surface area contributed by atoms with Crippen LogP contribution in [-0.4, -0.2) is 18.8 Å². The van der Waals surface area contributed by atoms with Crippen molar-refractivity contribution in [2.45, 2.75) is 31.1 Å². The fourth-order valence-electron chi connectivity index (χ4n) is 4.07. The first-order valence-corrected chi connectivity index (χ1v) is 9.00. The number of allylic oxidation sites excluding steroid dienone is 2. The van der Waals surface area contributed by atoms with Crippen LogP contribution in [0.2, 0.25) is 0 Å². The minimum absolute atomic E-state index is 0.0402. The molecule has 0 radical (unpaired) electrons. The molecule has 0 fully saturated rings. The number of hydrogen-bond acceptors (Lipinski definition) is 3. The topological polar surface area (TPSA) is 55.4 Å². The molecule has 2 aliphatic rings. The van der Waals surface area contributed by atoms with Crippen LogP contribution in [0.25, 0.3) is 0 Å². The first-order chi connectivity index (χ1) is 13.0. The lowest BCUT2D eigenvalue weighted by atomic mass is 9.73. The van der Waals surface area contributed by atoms with E-state index in [0.717, 1.165) is 11.1 Å². The molecule has 138 valence electrons. The molecular formula is C22H20FNO3. The maximum Gasteiger partial charge on any atom is 0.225 e. The van der Waals surface area contributed by atoms with Crippen molar-refractivity contribution in [3.63, 3.8) is 0 Å². The summed E-state index contributed by atoms with van der Waals surface area (Å²) in [5.74, 6) is 0.0391. The Balaban J connectivity index is 1.70. The van der Waals surface area contributed by atoms with Crippen LogP contribution in [0.5, 0.6) is 5.75 Å². The number of benzene rings is 2. The minimum atomic E-state index is -0.301. The standard InChI is InChI=1S/C22H20FNO3/c1-27-17-4-2-3-14(9-17)18-12-21(26)24-19-10-15(11-20(25)22(18)19)13-5-7-16(23)8-6-13/h2-9,15,18H,10-12H2,1H3,(H,24,26)/t15-,18+/m0/s1. The van der Waals surface area contributed by atoms with E-state index in [9.17, 15) is 14.0 Å². The fraction of sp³-hybridized carbons (Fsp3) is 0.273. The van der Waals surface area contributed by atoms with E-state index in [1.807, 2.05) is 24.3 Å². The number of nitrogens with one attached hydrogen (secondary N) is 1. The highest BCUT2D eigenvalue weighted by molar-refractivity contribution is 6.02. The van der Waals surface area contributed by atoms with Crippen LogP contribution < -0.4 is 10.1 Å². The van der Waals surface area contributed by atoms with E-state index in [2.05, 4.69) is 5.32 Å². The third kappa shape index (κ3) is 3.37. The normalized spacial score (nSPS) is 22.3. The van der Waals surface area contributed by atoms with Gasteiger partial charge in [-0.05, 0) is 47.7 Å². The molecule has 1 heterocycles. The Hall–Kier alpha value is -2.95. The predicted octanol–water partition coefficient (Wildman–Crippen LogP) is 3.84. The summed E-state index contributed by atoms with van der Waals surface area (Å²) in [4.78, 5) is 25.3. The summed E-state index contributed by atoms with van der Waals surface area (Å²) >= 11 is 0. The molecule has 2 atom stereocenters. The highest BCUT2D eigenvalue weighted by Crippen LogP contribution is 2.42. The third-order valence-corrected chi connectivity index (χ3v) is 5.37. The van der Waals surface area contributed by atoms with Crippen molar-refractivity contribution in [3.8, 4) is 5.75 Å². The van der Waals surface area contributed by atoms with Gasteiger partial charge in [0.2, 0.25) is 5.91 Å². The van der Waals surface area contributed by atoms with E-state index in [1.165, 1.54) is 12.1 Å². The van der Waals surface area contributed by atoms with Crippen molar-refractivity contribution < 1.29 is 18.7 Å². The lowest BCUT2D eigenvalue weighted by Gasteiger charge is -2.34. The molecule has 1 amide bonds. The fourth-order valence-corrected chi connectivity index (χ4v) is 4.07. The van der Waals surface area contributed by atoms with Gasteiger partial charge in [-0.1, -0.05) is 24.3 Å². The zero-order valence-corrected chi connectivity index (χ0v) is 15.0. The van der Waals surface area contributed by atoms with Crippen LogP contribution in [0.4, 0.5) is 4.39 Å². The lowest BCUT2D eigenvalue weighted by Crippen LogP contribution is -2.38. The number of rotatable bonds is 3. The Kier molecular flexibility index (Phi) is 4.52. The summed E-state index contributed by atoms with van der Waals surface area (Å²) in [6.07, 6.45) is 1.18. The molecule has 27 heavy (non-hydrogen) atoms. The summed E-state index contributed by atoms with van der Waals surface area (Å²) in [6, 6.07) is 13.8. The predicted molar refractivity (Wildman–Crippen MR) is 98.9 cm³/mol. The summed E-state index contributed by atoms with van der Waals surface area (Å²) in [6.45, 7) is 0. The Labute approximate surface area is 157 Å². The zero-order valence-electron chi connectivity index (χ0n) is 15.0. The minimum Gasteiger partial charge on any atom is -0.497 e. The molecule has 2 aromatic carbocycles. The number of carbonyl (C=O) groups excluding carboxylic acids is 2. The van der Waals surface area contributed by atoms with Gasteiger partial charge in [0.05, 0.1) is 7.11 Å². The second kappa shape index (κ2) is 6.99. The number of amides is 1. The van der Waals surface area contributed by atoms with Crippen molar-refractivity contribution in [1.82, 2.24) is 5.32 Å². The Morgan fingerprint density at radius 1 is 1.00 bits per heavy atom. The molecule has 0 saturated carbocycles. The molecule has 0 bridgehead atoms. The van der Waals surface area contributed by atoms with Crippen LogP contribution in [-0.2, 0) is 9.59 Å². The van der Waals surface area contributed by atoms with Crippen molar-refractivity contribution in [1.29, 1.82) is 0 Å². The Morgan fingerprint density at radius 2 is 1.78 bits per heavy atom. The molecule has 1 aliphatic carbocycles. The first kappa shape index (κ1) is 17.5. The van der Waals surface area contributed by atoms with Crippen molar-refractivity contribution in [3.05, 3.63) is 76.7 Å². The molecule has 5 heteroatoms. The molecule has 0 saturated heterocycles. The Bertz CT molecular complexity index is 933. The second-order valence-electron chi connectivity index (χ2n) is 7.05. The van der Waals surface area contributed by atoms with Gasteiger partial charge in [-0.25, -0.2) is 4.39 Å². The van der Waals surface area contributed by atoms with Gasteiger partial charge in [-0.15, -0.1) is 0 Å². The second-order valence-corrected chi connectivity index (χ2v) is 7.05. The maximum absolute atomic E-state index is 13.2. The van der Waals surface area contributed by atoms with Crippen LogP contribution in [0.1, 0.15) is 42.2 Å². The van der Waals surface area contributed by atoms with Crippen LogP contribution in [0, 0.1) is 5.82 Å². The zero-order chi connectivity index (χ0) is 19.0. The summed E-state index contributed by atoms with van der Waals surface area (Å²) in [5.41, 5.74) is 3.21. The molecular weight excluding hydrogens is 345 g/mol. The lowest BCUT2D eigenvalue weighted by molar-refractivity contribution is -0.122. The Morgan fingerprint density at radius 3 is 2.52 bits per heavy atom. The number of carbonyl (C=O) groups is 2. The molecule has 1 N–H and O–H groups in total. The molecule has 4 rings (SSSR count). The molecule has 1 aliphatic heterocycles. The van der Waals surface area contributed by atoms with Gasteiger partial charge in [-0.3, -0.25) is 9.59 Å². The molecule has 0 aromatic heterocycles. The van der Waals surface area contributed by atoms with Crippen LogP contribution >= 0.6 is 0 Å². The summed E-state index contributed by atoms with van der Waals surface area (Å²) < 4.78 is 18.5. The maximum atomic E-state index is 13.2. The van der Waals surface area contributed by atoms with Gasteiger partial charge < -0.3 is 10.1 Å². The molecule has 4 nitrogen and oxygen atoms in total. The van der Waals surface area contributed by atoms with Crippen LogP contribution in [0.3, 0.4) is 0 Å². The number of Topliss-reactive ketones (excluding diaryl/α,β-unsaturated/α-hetero) is 1. The van der Waals surface area contributed by atoms with Gasteiger partial charge in [0.25, 0.3) is 0 Å². The van der Waals surface area contributed by atoms with Gasteiger partial charge in [0, 0.05) is 30.0 Å². The number of ether oxygens (including phenoxy) is 1. The number of methoxy groups -OCH3 is 1. The van der Waals surface area contributed by atoms with E-state index in [4.69, 9.17) is 4.74 Å². The smallest absolute Gasteiger partial charge is 0.225 e. The summed E-state index contributed by atoms with van der Waals surface area (Å²) in [5, 5.41) is 2.90. The van der Waals surface area contributed by atoms with E-state index in [0.29, 0.717) is 29.9 Å². The van der Waals surface area contributed by atoms with Gasteiger partial charge in [-0.2, -0.15) is 0 Å². The highest BCUT2D eigenvalue weighted by Gasteiger charge is 2.38. The largest absolute Gasteiger partial charge is 0.497 e. The van der Waals surface area contributed by atoms with Crippen molar-refractivity contribution in [2.24, 2.45) is 0 Å². The third-order valence-electron chi connectivity index (χ3n) is 5.37. The number of halogens is 1. The first-order valence-electron chi connectivity index (χ1n) is 9.00. The average Bonchev–Trinajstić information content (AvgIpc) is 2.67. The summed E-state index contributed by atoms with van der Waals surface area (Å²) in [7, 11) is 1.59. The van der Waals surface area contributed by atoms with E-state index in [-0.39, 0.29) is 35.8 Å². The monoisotopic (exact) mass is 365 g/mol. The van der Waals surface area contributed by atoms with Gasteiger partial charge >= 0.3 is 0 Å². The molecule has 0 unspecified atom stereocenters.